The van der Waals surface area contributed by atoms with Crippen LogP contribution in [0.5, 0.6) is 5.75 Å². The second-order valence-electron chi connectivity index (χ2n) is 4.69. The average Bonchev–Trinajstić information content (AvgIpc) is 2.68. The minimum Gasteiger partial charge on any atom is -0.495 e. The number of anilines is 1. The molecule has 0 amide bonds. The zero-order valence-corrected chi connectivity index (χ0v) is 9.52. The molecule has 2 saturated heterocycles. The van der Waals surface area contributed by atoms with Gasteiger partial charge in [0.25, 0.3) is 0 Å². The van der Waals surface area contributed by atoms with Gasteiger partial charge in [-0.3, -0.25) is 4.98 Å². The van der Waals surface area contributed by atoms with Crippen molar-refractivity contribution in [1.29, 1.82) is 0 Å². The third-order valence-electron chi connectivity index (χ3n) is 3.53. The maximum Gasteiger partial charge on any atom is 0.139 e. The molecular formula is C12H17N3O. The number of hydrogen-bond acceptors (Lipinski definition) is 4. The fraction of sp³-hybridized carbons (Fsp3) is 0.583. The lowest BCUT2D eigenvalue weighted by molar-refractivity contribution is 0.412. The van der Waals surface area contributed by atoms with Gasteiger partial charge in [0, 0.05) is 31.7 Å². The summed E-state index contributed by atoms with van der Waals surface area (Å²) in [6.45, 7) is 3.39. The molecule has 2 atom stereocenters. The van der Waals surface area contributed by atoms with E-state index in [-0.39, 0.29) is 0 Å². The van der Waals surface area contributed by atoms with Crippen LogP contribution in [0.15, 0.2) is 18.5 Å². The Morgan fingerprint density at radius 3 is 3.19 bits per heavy atom. The van der Waals surface area contributed by atoms with Gasteiger partial charge in [-0.1, -0.05) is 0 Å². The summed E-state index contributed by atoms with van der Waals surface area (Å²) < 4.78 is 5.21. The van der Waals surface area contributed by atoms with Crippen molar-refractivity contribution < 1.29 is 4.74 Å². The van der Waals surface area contributed by atoms with Crippen molar-refractivity contribution >= 4 is 5.69 Å². The van der Waals surface area contributed by atoms with Gasteiger partial charge in [0.2, 0.25) is 0 Å². The molecule has 86 valence electrons. The van der Waals surface area contributed by atoms with Crippen molar-refractivity contribution in [1.82, 2.24) is 10.3 Å². The number of methoxy groups -OCH3 is 1. The van der Waals surface area contributed by atoms with Gasteiger partial charge in [-0.15, -0.1) is 0 Å². The van der Waals surface area contributed by atoms with E-state index in [9.17, 15) is 0 Å². The van der Waals surface area contributed by atoms with Crippen LogP contribution >= 0.6 is 0 Å². The van der Waals surface area contributed by atoms with Crippen LogP contribution in [0.4, 0.5) is 5.69 Å². The summed E-state index contributed by atoms with van der Waals surface area (Å²) in [6.07, 6.45) is 5.00. The monoisotopic (exact) mass is 219 g/mol. The molecular weight excluding hydrogens is 202 g/mol. The molecule has 2 fully saturated rings. The van der Waals surface area contributed by atoms with E-state index in [4.69, 9.17) is 4.74 Å². The highest BCUT2D eigenvalue weighted by atomic mass is 16.5. The number of hydrogen-bond donors (Lipinski definition) is 1. The summed E-state index contributed by atoms with van der Waals surface area (Å²) in [5.74, 6) is 1.63. The third-order valence-corrected chi connectivity index (χ3v) is 3.53. The molecule has 2 aliphatic heterocycles. The van der Waals surface area contributed by atoms with Gasteiger partial charge >= 0.3 is 0 Å². The minimum absolute atomic E-state index is 0.657. The fourth-order valence-corrected chi connectivity index (χ4v) is 2.74. The van der Waals surface area contributed by atoms with E-state index in [0.717, 1.165) is 24.8 Å². The van der Waals surface area contributed by atoms with Crippen molar-refractivity contribution in [3.8, 4) is 5.75 Å². The van der Waals surface area contributed by atoms with Gasteiger partial charge in [0.05, 0.1) is 25.2 Å². The summed E-state index contributed by atoms with van der Waals surface area (Å²) in [7, 11) is 1.68. The summed E-state index contributed by atoms with van der Waals surface area (Å²) >= 11 is 0. The quantitative estimate of drug-likeness (QED) is 0.801. The van der Waals surface area contributed by atoms with E-state index < -0.39 is 0 Å². The van der Waals surface area contributed by atoms with E-state index in [1.807, 2.05) is 6.20 Å². The van der Waals surface area contributed by atoms with Crippen molar-refractivity contribution in [2.75, 3.05) is 31.6 Å². The van der Waals surface area contributed by atoms with Crippen molar-refractivity contribution in [2.24, 2.45) is 5.92 Å². The number of aromatic nitrogens is 1. The number of rotatable bonds is 2. The molecule has 0 aliphatic carbocycles. The molecule has 1 aromatic heterocycles. The lowest BCUT2D eigenvalue weighted by atomic mass is 10.00. The number of nitrogens with zero attached hydrogens (tertiary/aromatic N) is 2. The first kappa shape index (κ1) is 9.90. The molecule has 1 aromatic rings. The molecule has 16 heavy (non-hydrogen) atoms. The molecule has 0 saturated carbocycles. The van der Waals surface area contributed by atoms with Gasteiger partial charge in [0.1, 0.15) is 5.75 Å². The Morgan fingerprint density at radius 2 is 2.38 bits per heavy atom. The predicted molar refractivity (Wildman–Crippen MR) is 62.9 cm³/mol. The standard InChI is InChI=1S/C12H17N3O/c1-16-12-3-11(5-13-6-12)15-7-9-2-10(8-15)14-4-9/h3,5-6,9-10,14H,2,4,7-8H2,1H3/t9-,10-/m1/s1. The smallest absolute Gasteiger partial charge is 0.139 e. The summed E-state index contributed by atoms with van der Waals surface area (Å²) in [5.41, 5.74) is 1.18. The molecule has 0 spiro atoms. The van der Waals surface area contributed by atoms with Crippen molar-refractivity contribution in [3.63, 3.8) is 0 Å². The molecule has 0 aromatic carbocycles. The van der Waals surface area contributed by atoms with Crippen LogP contribution in [0.25, 0.3) is 0 Å². The first-order valence-electron chi connectivity index (χ1n) is 5.82. The largest absolute Gasteiger partial charge is 0.495 e. The van der Waals surface area contributed by atoms with Crippen LogP contribution in [0.3, 0.4) is 0 Å². The number of ether oxygens (including phenoxy) is 1. The lowest BCUT2D eigenvalue weighted by Gasteiger charge is -2.32. The van der Waals surface area contributed by atoms with E-state index >= 15 is 0 Å². The Bertz CT molecular complexity index is 370. The Hall–Kier alpha value is -1.29. The molecule has 3 rings (SSSR count). The maximum atomic E-state index is 5.21. The van der Waals surface area contributed by atoms with Gasteiger partial charge in [-0.05, 0) is 12.3 Å². The molecule has 0 unspecified atom stereocenters. The molecule has 0 radical (unpaired) electrons. The van der Waals surface area contributed by atoms with Crippen LogP contribution < -0.4 is 15.0 Å². The third kappa shape index (κ3) is 1.73. The van der Waals surface area contributed by atoms with Gasteiger partial charge in [-0.25, -0.2) is 0 Å². The summed E-state index contributed by atoms with van der Waals surface area (Å²) in [5, 5.41) is 3.55. The van der Waals surface area contributed by atoms with Gasteiger partial charge in [0.15, 0.2) is 0 Å². The number of nitrogens with one attached hydrogen (secondary N) is 1. The molecule has 3 heterocycles. The highest BCUT2D eigenvalue weighted by Crippen LogP contribution is 2.28. The number of fused-ring (bicyclic) bond motifs is 2. The zero-order valence-electron chi connectivity index (χ0n) is 9.52. The second kappa shape index (κ2) is 3.94. The second-order valence-corrected chi connectivity index (χ2v) is 4.69. The molecule has 1 N–H and O–H groups in total. The number of piperidine rings is 1. The highest BCUT2D eigenvalue weighted by Gasteiger charge is 2.32. The highest BCUT2D eigenvalue weighted by molar-refractivity contribution is 5.49. The minimum atomic E-state index is 0.657. The van der Waals surface area contributed by atoms with E-state index in [0.29, 0.717) is 6.04 Å². The Morgan fingerprint density at radius 1 is 1.44 bits per heavy atom. The fourth-order valence-electron chi connectivity index (χ4n) is 2.74. The topological polar surface area (TPSA) is 37.4 Å². The Kier molecular flexibility index (Phi) is 2.44. The molecule has 4 nitrogen and oxygen atoms in total. The SMILES string of the molecule is COc1cncc(N2C[C@H]3CN[C@H](C3)C2)c1. The average molecular weight is 219 g/mol. The van der Waals surface area contributed by atoms with Crippen molar-refractivity contribution in [3.05, 3.63) is 18.5 Å². The Labute approximate surface area is 95.6 Å². The maximum absolute atomic E-state index is 5.21. The molecule has 4 heteroatoms. The first-order chi connectivity index (χ1) is 7.85. The van der Waals surface area contributed by atoms with Gasteiger partial charge < -0.3 is 15.0 Å². The van der Waals surface area contributed by atoms with Crippen LogP contribution in [-0.4, -0.2) is 37.8 Å². The Balaban J connectivity index is 1.81. The first-order valence-corrected chi connectivity index (χ1v) is 5.82. The number of pyridine rings is 1. The van der Waals surface area contributed by atoms with Crippen LogP contribution in [0.2, 0.25) is 0 Å². The van der Waals surface area contributed by atoms with Crippen LogP contribution in [0, 0.1) is 5.92 Å². The van der Waals surface area contributed by atoms with E-state index in [1.165, 1.54) is 18.7 Å². The van der Waals surface area contributed by atoms with Gasteiger partial charge in [-0.2, -0.15) is 0 Å². The molecule has 2 aliphatic rings. The van der Waals surface area contributed by atoms with E-state index in [2.05, 4.69) is 21.3 Å². The normalized spacial score (nSPS) is 28.2. The van der Waals surface area contributed by atoms with Crippen molar-refractivity contribution in [2.45, 2.75) is 12.5 Å². The summed E-state index contributed by atoms with van der Waals surface area (Å²) in [6, 6.07) is 2.72. The van der Waals surface area contributed by atoms with E-state index in [1.54, 1.807) is 13.3 Å². The predicted octanol–water partition coefficient (Wildman–Crippen LogP) is 0.888. The summed E-state index contributed by atoms with van der Waals surface area (Å²) in [4.78, 5) is 6.63. The van der Waals surface area contributed by atoms with Crippen LogP contribution in [-0.2, 0) is 0 Å². The molecule has 2 bridgehead atoms. The zero-order chi connectivity index (χ0) is 11.0. The van der Waals surface area contributed by atoms with Crippen LogP contribution in [0.1, 0.15) is 6.42 Å². The lowest BCUT2D eigenvalue weighted by Crippen LogP contribution is -2.41.